The molecule has 0 amide bonds. The van der Waals surface area contributed by atoms with Gasteiger partial charge in [-0.2, -0.15) is 13.2 Å². The molecule has 0 radical (unpaired) electrons. The molecular weight excluding hydrogens is 245 g/mol. The molecule has 0 saturated heterocycles. The van der Waals surface area contributed by atoms with E-state index in [9.17, 15) is 21.6 Å². The van der Waals surface area contributed by atoms with E-state index in [2.05, 4.69) is 9.97 Å². The zero-order chi connectivity index (χ0) is 11.0. The quantitative estimate of drug-likeness (QED) is 0.703. The van der Waals surface area contributed by atoms with E-state index < -0.39 is 25.9 Å². The highest BCUT2D eigenvalue weighted by molar-refractivity contribution is 8.13. The van der Waals surface area contributed by atoms with Gasteiger partial charge in [0.1, 0.15) is 4.90 Å². The highest BCUT2D eigenvalue weighted by Gasteiger charge is 2.34. The lowest BCUT2D eigenvalue weighted by Crippen LogP contribution is -2.11. The molecule has 0 aliphatic rings. The van der Waals surface area contributed by atoms with Crippen molar-refractivity contribution in [2.24, 2.45) is 0 Å². The molecule has 0 atom stereocenters. The van der Waals surface area contributed by atoms with E-state index >= 15 is 0 Å². The van der Waals surface area contributed by atoms with Gasteiger partial charge in [-0.25, -0.2) is 18.4 Å². The molecule has 1 aromatic rings. The Morgan fingerprint density at radius 2 is 1.64 bits per heavy atom. The number of rotatable bonds is 1. The third-order valence-electron chi connectivity index (χ3n) is 1.16. The molecule has 0 aliphatic heterocycles. The first-order chi connectivity index (χ1) is 6.21. The summed E-state index contributed by atoms with van der Waals surface area (Å²) >= 11 is 0. The summed E-state index contributed by atoms with van der Waals surface area (Å²) in [5.41, 5.74) is 0. The van der Waals surface area contributed by atoms with Crippen molar-refractivity contribution in [2.75, 3.05) is 0 Å². The fourth-order valence-corrected chi connectivity index (χ4v) is 1.18. The van der Waals surface area contributed by atoms with Gasteiger partial charge in [-0.3, -0.25) is 0 Å². The second kappa shape index (κ2) is 3.35. The lowest BCUT2D eigenvalue weighted by Gasteiger charge is -2.03. The summed E-state index contributed by atoms with van der Waals surface area (Å²) in [5, 5.41) is 0. The molecule has 1 rings (SSSR count). The van der Waals surface area contributed by atoms with Gasteiger partial charge in [0.25, 0.3) is 9.05 Å². The molecular formula is C5H2ClF3N2O2S. The Bertz CT molecular complexity index is 427. The Kier molecular flexibility index (Phi) is 2.68. The highest BCUT2D eigenvalue weighted by atomic mass is 35.7. The van der Waals surface area contributed by atoms with Crippen LogP contribution in [0.5, 0.6) is 0 Å². The zero-order valence-electron chi connectivity index (χ0n) is 6.29. The van der Waals surface area contributed by atoms with Crippen molar-refractivity contribution >= 4 is 19.7 Å². The first-order valence-electron chi connectivity index (χ1n) is 3.05. The first kappa shape index (κ1) is 11.2. The smallest absolute Gasteiger partial charge is 0.232 e. The Balaban J connectivity index is 3.14. The molecule has 0 bridgehead atoms. The molecule has 0 aromatic carbocycles. The van der Waals surface area contributed by atoms with Crippen molar-refractivity contribution in [3.8, 4) is 0 Å². The number of hydrogen-bond donors (Lipinski definition) is 0. The summed E-state index contributed by atoms with van der Waals surface area (Å²) in [5.74, 6) is -1.42. The molecule has 0 aliphatic carbocycles. The van der Waals surface area contributed by atoms with Crippen molar-refractivity contribution in [2.45, 2.75) is 11.1 Å². The SMILES string of the molecule is O=S(=O)(Cl)c1cnc(C(F)(F)F)nc1. The van der Waals surface area contributed by atoms with Crippen LogP contribution in [0.4, 0.5) is 13.2 Å². The molecule has 1 aromatic heterocycles. The standard InChI is InChI=1S/C5H2ClF3N2O2S/c6-14(12,13)3-1-10-4(11-2-3)5(7,8)9/h1-2H. The van der Waals surface area contributed by atoms with Crippen LogP contribution in [0, 0.1) is 0 Å². The maximum Gasteiger partial charge on any atom is 0.451 e. The fraction of sp³-hybridized carbons (Fsp3) is 0.200. The van der Waals surface area contributed by atoms with Crippen molar-refractivity contribution in [3.05, 3.63) is 18.2 Å². The Hall–Kier alpha value is -0.890. The molecule has 0 N–H and O–H groups in total. The van der Waals surface area contributed by atoms with Crippen LogP contribution in [0.1, 0.15) is 5.82 Å². The second-order valence-corrected chi connectivity index (χ2v) is 4.74. The molecule has 4 nitrogen and oxygen atoms in total. The van der Waals surface area contributed by atoms with Crippen LogP contribution in [0.15, 0.2) is 17.3 Å². The fourth-order valence-electron chi connectivity index (χ4n) is 0.588. The molecule has 0 spiro atoms. The van der Waals surface area contributed by atoms with Gasteiger partial charge in [-0.05, 0) is 0 Å². The number of hydrogen-bond acceptors (Lipinski definition) is 4. The average molecular weight is 247 g/mol. The lowest BCUT2D eigenvalue weighted by atomic mass is 10.5. The molecule has 78 valence electrons. The summed E-state index contributed by atoms with van der Waals surface area (Å²) in [6, 6.07) is 0. The number of alkyl halides is 3. The van der Waals surface area contributed by atoms with Gasteiger partial charge in [0.05, 0.1) is 12.4 Å². The molecule has 0 unspecified atom stereocenters. The minimum atomic E-state index is -4.70. The van der Waals surface area contributed by atoms with E-state index in [-0.39, 0.29) is 0 Å². The summed E-state index contributed by atoms with van der Waals surface area (Å²) in [4.78, 5) is 5.06. The van der Waals surface area contributed by atoms with Gasteiger partial charge in [0, 0.05) is 10.7 Å². The van der Waals surface area contributed by atoms with E-state index in [4.69, 9.17) is 10.7 Å². The zero-order valence-corrected chi connectivity index (χ0v) is 7.86. The van der Waals surface area contributed by atoms with Gasteiger partial charge in [-0.15, -0.1) is 0 Å². The molecule has 1 heterocycles. The number of aromatic nitrogens is 2. The lowest BCUT2D eigenvalue weighted by molar-refractivity contribution is -0.145. The van der Waals surface area contributed by atoms with Crippen molar-refractivity contribution in [1.82, 2.24) is 9.97 Å². The maximum atomic E-state index is 11.9. The largest absolute Gasteiger partial charge is 0.451 e. The van der Waals surface area contributed by atoms with Gasteiger partial charge in [-0.1, -0.05) is 0 Å². The molecule has 9 heteroatoms. The van der Waals surface area contributed by atoms with Crippen LogP contribution in [-0.2, 0) is 15.2 Å². The van der Waals surface area contributed by atoms with E-state index in [1.807, 2.05) is 0 Å². The van der Waals surface area contributed by atoms with Crippen LogP contribution in [0.25, 0.3) is 0 Å². The Labute approximate surface area is 81.2 Å². The van der Waals surface area contributed by atoms with Gasteiger partial charge < -0.3 is 0 Å². The number of halogens is 4. The van der Waals surface area contributed by atoms with Gasteiger partial charge >= 0.3 is 6.18 Å². The van der Waals surface area contributed by atoms with E-state index in [1.165, 1.54) is 0 Å². The summed E-state index contributed by atoms with van der Waals surface area (Å²) < 4.78 is 56.9. The topological polar surface area (TPSA) is 59.9 Å². The van der Waals surface area contributed by atoms with Gasteiger partial charge in [0.2, 0.25) is 5.82 Å². The predicted molar refractivity (Wildman–Crippen MR) is 40.1 cm³/mol. The van der Waals surface area contributed by atoms with E-state index in [0.29, 0.717) is 12.4 Å². The Morgan fingerprint density at radius 1 is 1.21 bits per heavy atom. The van der Waals surface area contributed by atoms with Crippen LogP contribution >= 0.6 is 10.7 Å². The van der Waals surface area contributed by atoms with Crippen molar-refractivity contribution < 1.29 is 21.6 Å². The van der Waals surface area contributed by atoms with Crippen LogP contribution in [-0.4, -0.2) is 18.4 Å². The van der Waals surface area contributed by atoms with Crippen LogP contribution < -0.4 is 0 Å². The molecule has 0 fully saturated rings. The third kappa shape index (κ3) is 2.55. The first-order valence-corrected chi connectivity index (χ1v) is 5.36. The van der Waals surface area contributed by atoms with Crippen LogP contribution in [0.3, 0.4) is 0 Å². The van der Waals surface area contributed by atoms with Gasteiger partial charge in [0.15, 0.2) is 0 Å². The van der Waals surface area contributed by atoms with E-state index in [0.717, 1.165) is 0 Å². The molecule has 0 saturated carbocycles. The summed E-state index contributed by atoms with van der Waals surface area (Å²) in [6.07, 6.45) is -3.70. The maximum absolute atomic E-state index is 11.9. The second-order valence-electron chi connectivity index (χ2n) is 2.18. The normalized spacial score (nSPS) is 12.9. The van der Waals surface area contributed by atoms with Crippen LogP contribution in [0.2, 0.25) is 0 Å². The monoisotopic (exact) mass is 246 g/mol. The van der Waals surface area contributed by atoms with E-state index in [1.54, 1.807) is 0 Å². The summed E-state index contributed by atoms with van der Waals surface area (Å²) in [7, 11) is 0.751. The summed E-state index contributed by atoms with van der Waals surface area (Å²) in [6.45, 7) is 0. The van der Waals surface area contributed by atoms with Crippen molar-refractivity contribution in [1.29, 1.82) is 0 Å². The molecule has 14 heavy (non-hydrogen) atoms. The minimum absolute atomic E-state index is 0.498. The minimum Gasteiger partial charge on any atom is -0.232 e. The predicted octanol–water partition coefficient (Wildman–Crippen LogP) is 1.42. The van der Waals surface area contributed by atoms with Crippen molar-refractivity contribution in [3.63, 3.8) is 0 Å². The highest BCUT2D eigenvalue weighted by Crippen LogP contribution is 2.26. The number of nitrogens with zero attached hydrogens (tertiary/aromatic N) is 2. The average Bonchev–Trinajstić information content (AvgIpc) is 2.01. The third-order valence-corrected chi connectivity index (χ3v) is 2.47. The Morgan fingerprint density at radius 3 is 1.93 bits per heavy atom.